The van der Waals surface area contributed by atoms with Gasteiger partial charge in [0.25, 0.3) is 0 Å². The molecule has 0 bridgehead atoms. The number of allylic oxidation sites excluding steroid dienone is 1. The zero-order valence-electron chi connectivity index (χ0n) is 10.0. The van der Waals surface area contributed by atoms with Crippen LogP contribution >= 0.6 is 0 Å². The van der Waals surface area contributed by atoms with Gasteiger partial charge in [0.05, 0.1) is 6.61 Å². The summed E-state index contributed by atoms with van der Waals surface area (Å²) >= 11 is 0. The van der Waals surface area contributed by atoms with Crippen molar-refractivity contribution in [1.29, 1.82) is 0 Å². The lowest BCUT2D eigenvalue weighted by Crippen LogP contribution is -2.09. The van der Waals surface area contributed by atoms with Crippen LogP contribution in [0.3, 0.4) is 0 Å². The van der Waals surface area contributed by atoms with E-state index in [2.05, 4.69) is 52.0 Å². The molecule has 0 unspecified atom stereocenters. The summed E-state index contributed by atoms with van der Waals surface area (Å²) < 4.78 is 0. The Hall–Kier alpha value is -1.08. The van der Waals surface area contributed by atoms with Gasteiger partial charge in [-0.15, -0.1) is 0 Å². The monoisotopic (exact) mass is 204 g/mol. The molecule has 0 aliphatic rings. The molecule has 1 N–H and O–H groups in total. The molecule has 1 aromatic carbocycles. The molecule has 1 aromatic rings. The van der Waals surface area contributed by atoms with Crippen LogP contribution in [0, 0.1) is 12.3 Å². The zero-order chi connectivity index (χ0) is 11.5. The molecule has 82 valence electrons. The molecule has 0 saturated carbocycles. The Kier molecular flexibility index (Phi) is 3.70. The summed E-state index contributed by atoms with van der Waals surface area (Å²) in [7, 11) is 0. The Bertz CT molecular complexity index is 356. The fourth-order valence-electron chi connectivity index (χ4n) is 1.76. The SMILES string of the molecule is Cc1cccc(/C(=C\CO)C(C)(C)C)c1. The summed E-state index contributed by atoms with van der Waals surface area (Å²) in [5, 5.41) is 9.05. The third-order valence-corrected chi connectivity index (χ3v) is 2.43. The summed E-state index contributed by atoms with van der Waals surface area (Å²) in [6.45, 7) is 8.67. The number of aliphatic hydroxyl groups excluding tert-OH is 1. The van der Waals surface area contributed by atoms with E-state index in [9.17, 15) is 0 Å². The van der Waals surface area contributed by atoms with Gasteiger partial charge in [-0.3, -0.25) is 0 Å². The highest BCUT2D eigenvalue weighted by molar-refractivity contribution is 5.69. The number of aryl methyl sites for hydroxylation is 1. The van der Waals surface area contributed by atoms with E-state index in [4.69, 9.17) is 5.11 Å². The van der Waals surface area contributed by atoms with E-state index in [0.717, 1.165) is 0 Å². The molecule has 0 aliphatic heterocycles. The number of benzene rings is 1. The summed E-state index contributed by atoms with van der Waals surface area (Å²) in [6, 6.07) is 8.40. The molecule has 0 fully saturated rings. The Morgan fingerprint density at radius 3 is 2.47 bits per heavy atom. The molecule has 15 heavy (non-hydrogen) atoms. The van der Waals surface area contributed by atoms with E-state index >= 15 is 0 Å². The highest BCUT2D eigenvalue weighted by atomic mass is 16.2. The van der Waals surface area contributed by atoms with E-state index in [-0.39, 0.29) is 12.0 Å². The molecular formula is C14H20O. The minimum absolute atomic E-state index is 0.0660. The van der Waals surface area contributed by atoms with Crippen LogP contribution in [0.1, 0.15) is 31.9 Å². The van der Waals surface area contributed by atoms with E-state index in [1.165, 1.54) is 16.7 Å². The summed E-state index contributed by atoms with van der Waals surface area (Å²) in [5.74, 6) is 0. The van der Waals surface area contributed by atoms with Crippen molar-refractivity contribution in [3.8, 4) is 0 Å². The van der Waals surface area contributed by atoms with Crippen molar-refractivity contribution in [3.05, 3.63) is 41.5 Å². The molecule has 1 heteroatoms. The minimum atomic E-state index is 0.0660. The van der Waals surface area contributed by atoms with Crippen molar-refractivity contribution in [2.24, 2.45) is 5.41 Å². The van der Waals surface area contributed by atoms with Gasteiger partial charge in [0, 0.05) is 0 Å². The maximum absolute atomic E-state index is 9.05. The van der Waals surface area contributed by atoms with Gasteiger partial charge in [-0.1, -0.05) is 56.7 Å². The van der Waals surface area contributed by atoms with Crippen LogP contribution in [0.25, 0.3) is 5.57 Å². The molecule has 0 radical (unpaired) electrons. The van der Waals surface area contributed by atoms with Gasteiger partial charge in [0.2, 0.25) is 0 Å². The Morgan fingerprint density at radius 1 is 1.33 bits per heavy atom. The van der Waals surface area contributed by atoms with Crippen molar-refractivity contribution < 1.29 is 5.11 Å². The lowest BCUT2D eigenvalue weighted by molar-refractivity contribution is 0.341. The fraction of sp³-hybridized carbons (Fsp3) is 0.429. The Labute approximate surface area is 92.5 Å². The quantitative estimate of drug-likeness (QED) is 0.782. The molecular weight excluding hydrogens is 184 g/mol. The van der Waals surface area contributed by atoms with E-state index in [0.29, 0.717) is 0 Å². The van der Waals surface area contributed by atoms with Crippen molar-refractivity contribution in [3.63, 3.8) is 0 Å². The second-order valence-corrected chi connectivity index (χ2v) is 4.92. The molecule has 0 heterocycles. The lowest BCUT2D eigenvalue weighted by Gasteiger charge is -2.23. The average molecular weight is 204 g/mol. The molecule has 0 atom stereocenters. The number of hydrogen-bond donors (Lipinski definition) is 1. The first kappa shape index (κ1) is 12.0. The van der Waals surface area contributed by atoms with Gasteiger partial charge in [0.15, 0.2) is 0 Å². The third kappa shape index (κ3) is 3.21. The smallest absolute Gasteiger partial charge is 0.0618 e. The van der Waals surface area contributed by atoms with Crippen LogP contribution in [-0.4, -0.2) is 11.7 Å². The van der Waals surface area contributed by atoms with Gasteiger partial charge >= 0.3 is 0 Å². The standard InChI is InChI=1S/C14H20O/c1-11-6-5-7-12(10-11)13(8-9-15)14(2,3)4/h5-8,10,15H,9H2,1-4H3/b13-8+. The summed E-state index contributed by atoms with van der Waals surface area (Å²) in [6.07, 6.45) is 1.90. The van der Waals surface area contributed by atoms with Crippen molar-refractivity contribution >= 4 is 5.57 Å². The average Bonchev–Trinajstić information content (AvgIpc) is 2.12. The minimum Gasteiger partial charge on any atom is -0.392 e. The van der Waals surface area contributed by atoms with Gasteiger partial charge in [-0.25, -0.2) is 0 Å². The fourth-order valence-corrected chi connectivity index (χ4v) is 1.76. The molecule has 0 aliphatic carbocycles. The van der Waals surface area contributed by atoms with Gasteiger partial charge in [-0.05, 0) is 23.5 Å². The second kappa shape index (κ2) is 4.63. The Morgan fingerprint density at radius 2 is 2.00 bits per heavy atom. The predicted molar refractivity (Wildman–Crippen MR) is 65.7 cm³/mol. The highest BCUT2D eigenvalue weighted by Gasteiger charge is 2.18. The van der Waals surface area contributed by atoms with Gasteiger partial charge < -0.3 is 5.11 Å². The number of rotatable bonds is 2. The molecule has 0 spiro atoms. The van der Waals surface area contributed by atoms with Crippen LogP contribution in [-0.2, 0) is 0 Å². The first-order chi connectivity index (χ1) is 6.95. The van der Waals surface area contributed by atoms with Gasteiger partial charge in [-0.2, -0.15) is 0 Å². The van der Waals surface area contributed by atoms with Crippen molar-refractivity contribution in [2.45, 2.75) is 27.7 Å². The molecule has 1 nitrogen and oxygen atoms in total. The van der Waals surface area contributed by atoms with Crippen molar-refractivity contribution in [2.75, 3.05) is 6.61 Å². The van der Waals surface area contributed by atoms with Crippen LogP contribution < -0.4 is 0 Å². The van der Waals surface area contributed by atoms with E-state index in [1.807, 2.05) is 6.08 Å². The Balaban J connectivity index is 3.17. The molecule has 0 amide bonds. The topological polar surface area (TPSA) is 20.2 Å². The highest BCUT2D eigenvalue weighted by Crippen LogP contribution is 2.33. The largest absolute Gasteiger partial charge is 0.392 e. The maximum atomic E-state index is 9.05. The first-order valence-electron chi connectivity index (χ1n) is 5.33. The molecule has 1 rings (SSSR count). The van der Waals surface area contributed by atoms with Crippen LogP contribution in [0.2, 0.25) is 0 Å². The summed E-state index contributed by atoms with van der Waals surface area (Å²) in [4.78, 5) is 0. The molecule has 0 aromatic heterocycles. The van der Waals surface area contributed by atoms with E-state index in [1.54, 1.807) is 0 Å². The van der Waals surface area contributed by atoms with Crippen molar-refractivity contribution in [1.82, 2.24) is 0 Å². The number of aliphatic hydroxyl groups is 1. The van der Waals surface area contributed by atoms with E-state index < -0.39 is 0 Å². The van der Waals surface area contributed by atoms with Crippen LogP contribution in [0.5, 0.6) is 0 Å². The van der Waals surface area contributed by atoms with Crippen LogP contribution in [0.15, 0.2) is 30.3 Å². The maximum Gasteiger partial charge on any atom is 0.0618 e. The normalized spacial score (nSPS) is 13.0. The third-order valence-electron chi connectivity index (χ3n) is 2.43. The second-order valence-electron chi connectivity index (χ2n) is 4.92. The van der Waals surface area contributed by atoms with Gasteiger partial charge in [0.1, 0.15) is 0 Å². The predicted octanol–water partition coefficient (Wildman–Crippen LogP) is 3.42. The molecule has 0 saturated heterocycles. The summed E-state index contributed by atoms with van der Waals surface area (Å²) in [5.41, 5.74) is 3.72. The lowest BCUT2D eigenvalue weighted by atomic mass is 9.81. The number of hydrogen-bond acceptors (Lipinski definition) is 1. The van der Waals surface area contributed by atoms with Crippen LogP contribution in [0.4, 0.5) is 0 Å². The zero-order valence-corrected chi connectivity index (χ0v) is 10.0. The first-order valence-corrected chi connectivity index (χ1v) is 5.33.